The van der Waals surface area contributed by atoms with E-state index in [2.05, 4.69) is 4.90 Å². The van der Waals surface area contributed by atoms with Crippen molar-refractivity contribution in [2.75, 3.05) is 19.8 Å². The van der Waals surface area contributed by atoms with Crippen molar-refractivity contribution >= 4 is 17.3 Å². The van der Waals surface area contributed by atoms with Gasteiger partial charge in [0.25, 0.3) is 0 Å². The number of rotatable bonds is 2. The molecule has 0 aromatic heterocycles. The Morgan fingerprint density at radius 1 is 1.42 bits per heavy atom. The highest BCUT2D eigenvalue weighted by molar-refractivity contribution is 6.31. The maximum absolute atomic E-state index is 5.96. The second-order valence-electron chi connectivity index (χ2n) is 3.09. The summed E-state index contributed by atoms with van der Waals surface area (Å²) in [5, 5.41) is 0.776. The lowest BCUT2D eigenvalue weighted by molar-refractivity contribution is 0.402. The molecule has 66 valence electrons. The molecule has 0 radical (unpaired) electrons. The van der Waals surface area contributed by atoms with Gasteiger partial charge in [0.05, 0.1) is 0 Å². The topological polar surface area (TPSA) is 29.3 Å². The van der Waals surface area contributed by atoms with Gasteiger partial charge in [0.2, 0.25) is 0 Å². The third kappa shape index (κ3) is 2.40. The fourth-order valence-electron chi connectivity index (χ4n) is 1.06. The van der Waals surface area contributed by atoms with E-state index < -0.39 is 0 Å². The van der Waals surface area contributed by atoms with Crippen molar-refractivity contribution in [3.05, 3.63) is 28.8 Å². The van der Waals surface area contributed by atoms with E-state index in [0.29, 0.717) is 0 Å². The van der Waals surface area contributed by atoms with Gasteiger partial charge < -0.3 is 10.6 Å². The van der Waals surface area contributed by atoms with E-state index in [4.69, 9.17) is 17.3 Å². The average molecular weight is 185 g/mol. The van der Waals surface area contributed by atoms with Crippen LogP contribution in [0.15, 0.2) is 18.2 Å². The summed E-state index contributed by atoms with van der Waals surface area (Å²) in [6.45, 7) is 0.823. The van der Waals surface area contributed by atoms with Crippen LogP contribution in [0, 0.1) is 0 Å². The van der Waals surface area contributed by atoms with Crippen molar-refractivity contribution in [2.45, 2.75) is 6.54 Å². The average Bonchev–Trinajstić information content (AvgIpc) is 1.96. The van der Waals surface area contributed by atoms with Crippen molar-refractivity contribution in [1.29, 1.82) is 0 Å². The quantitative estimate of drug-likeness (QED) is 0.713. The normalized spacial score (nSPS) is 10.7. The van der Waals surface area contributed by atoms with Crippen LogP contribution in [0.5, 0.6) is 0 Å². The number of hydrogen-bond donors (Lipinski definition) is 1. The van der Waals surface area contributed by atoms with Crippen molar-refractivity contribution in [1.82, 2.24) is 4.90 Å². The predicted molar refractivity (Wildman–Crippen MR) is 53.3 cm³/mol. The summed E-state index contributed by atoms with van der Waals surface area (Å²) in [6, 6.07) is 5.54. The van der Waals surface area contributed by atoms with Gasteiger partial charge in [-0.1, -0.05) is 11.6 Å². The highest BCUT2D eigenvalue weighted by Crippen LogP contribution is 2.19. The molecule has 0 aliphatic rings. The van der Waals surface area contributed by atoms with Gasteiger partial charge >= 0.3 is 0 Å². The lowest BCUT2D eigenvalue weighted by Crippen LogP contribution is -2.11. The fourth-order valence-corrected chi connectivity index (χ4v) is 1.23. The minimum atomic E-state index is 0.760. The summed E-state index contributed by atoms with van der Waals surface area (Å²) < 4.78 is 0. The van der Waals surface area contributed by atoms with E-state index in [0.717, 1.165) is 22.8 Å². The smallest absolute Gasteiger partial charge is 0.0452 e. The Labute approximate surface area is 77.9 Å². The molecule has 0 saturated heterocycles. The Bertz CT molecular complexity index is 271. The molecule has 0 fully saturated rings. The molecule has 2 N–H and O–H groups in total. The van der Waals surface area contributed by atoms with Crippen LogP contribution in [-0.2, 0) is 6.54 Å². The van der Waals surface area contributed by atoms with Crippen molar-refractivity contribution in [3.63, 3.8) is 0 Å². The fraction of sp³-hybridized carbons (Fsp3) is 0.333. The number of halogens is 1. The molecule has 0 unspecified atom stereocenters. The number of anilines is 1. The second kappa shape index (κ2) is 3.78. The van der Waals surface area contributed by atoms with E-state index in [1.165, 1.54) is 0 Å². The van der Waals surface area contributed by atoms with Gasteiger partial charge in [-0.25, -0.2) is 0 Å². The van der Waals surface area contributed by atoms with Gasteiger partial charge in [0.15, 0.2) is 0 Å². The standard InChI is InChI=1S/C9H13ClN2/c1-12(2)6-7-5-8(11)3-4-9(7)10/h3-5H,6,11H2,1-2H3. The lowest BCUT2D eigenvalue weighted by atomic mass is 10.2. The number of benzene rings is 1. The molecule has 1 aromatic carbocycles. The van der Waals surface area contributed by atoms with Gasteiger partial charge in [-0.15, -0.1) is 0 Å². The first-order valence-corrected chi connectivity index (χ1v) is 4.16. The van der Waals surface area contributed by atoms with Crippen LogP contribution in [0.2, 0.25) is 5.02 Å². The van der Waals surface area contributed by atoms with Crippen LogP contribution in [0.3, 0.4) is 0 Å². The minimum Gasteiger partial charge on any atom is -0.399 e. The molecule has 12 heavy (non-hydrogen) atoms. The van der Waals surface area contributed by atoms with Gasteiger partial charge in [-0.05, 0) is 37.9 Å². The first-order chi connectivity index (χ1) is 5.59. The third-order valence-corrected chi connectivity index (χ3v) is 1.93. The minimum absolute atomic E-state index is 0.760. The maximum Gasteiger partial charge on any atom is 0.0452 e. The summed E-state index contributed by atoms with van der Waals surface area (Å²) in [6.07, 6.45) is 0. The highest BCUT2D eigenvalue weighted by Gasteiger charge is 2.01. The van der Waals surface area contributed by atoms with Crippen molar-refractivity contribution in [2.24, 2.45) is 0 Å². The van der Waals surface area contributed by atoms with Crippen LogP contribution in [0.1, 0.15) is 5.56 Å². The van der Waals surface area contributed by atoms with Crippen LogP contribution in [-0.4, -0.2) is 19.0 Å². The van der Waals surface area contributed by atoms with Crippen LogP contribution in [0.4, 0.5) is 5.69 Å². The Hall–Kier alpha value is -0.730. The number of nitrogen functional groups attached to an aromatic ring is 1. The summed E-state index contributed by atoms with van der Waals surface area (Å²) in [5.41, 5.74) is 7.46. The van der Waals surface area contributed by atoms with Gasteiger partial charge in [0, 0.05) is 17.3 Å². The third-order valence-electron chi connectivity index (χ3n) is 1.56. The van der Waals surface area contributed by atoms with Crippen molar-refractivity contribution in [3.8, 4) is 0 Å². The molecule has 0 bridgehead atoms. The second-order valence-corrected chi connectivity index (χ2v) is 3.50. The van der Waals surface area contributed by atoms with Crippen molar-refractivity contribution < 1.29 is 0 Å². The molecular weight excluding hydrogens is 172 g/mol. The first kappa shape index (κ1) is 9.36. The molecule has 0 heterocycles. The van der Waals surface area contributed by atoms with E-state index in [-0.39, 0.29) is 0 Å². The van der Waals surface area contributed by atoms with E-state index in [1.54, 1.807) is 0 Å². The summed E-state index contributed by atoms with van der Waals surface area (Å²) >= 11 is 5.96. The zero-order chi connectivity index (χ0) is 9.14. The molecular formula is C9H13ClN2. The molecule has 2 nitrogen and oxygen atoms in total. The van der Waals surface area contributed by atoms with E-state index in [9.17, 15) is 0 Å². The Morgan fingerprint density at radius 3 is 2.67 bits per heavy atom. The molecule has 0 saturated carbocycles. The van der Waals surface area contributed by atoms with Crippen LogP contribution >= 0.6 is 11.6 Å². The van der Waals surface area contributed by atoms with E-state index in [1.807, 2.05) is 32.3 Å². The van der Waals surface area contributed by atoms with E-state index >= 15 is 0 Å². The van der Waals surface area contributed by atoms with Gasteiger partial charge in [-0.3, -0.25) is 0 Å². The summed E-state index contributed by atoms with van der Waals surface area (Å²) in [4.78, 5) is 2.06. The monoisotopic (exact) mass is 184 g/mol. The largest absolute Gasteiger partial charge is 0.399 e. The Kier molecular flexibility index (Phi) is 2.95. The molecule has 0 spiro atoms. The summed E-state index contributed by atoms with van der Waals surface area (Å²) in [5.74, 6) is 0. The molecule has 1 rings (SSSR count). The molecule has 0 aliphatic heterocycles. The number of nitrogens with zero attached hydrogens (tertiary/aromatic N) is 1. The maximum atomic E-state index is 5.96. The predicted octanol–water partition coefficient (Wildman–Crippen LogP) is 1.98. The van der Waals surface area contributed by atoms with Crippen LogP contribution < -0.4 is 5.73 Å². The zero-order valence-electron chi connectivity index (χ0n) is 7.34. The number of hydrogen-bond acceptors (Lipinski definition) is 2. The Balaban J connectivity index is 2.90. The molecule has 3 heteroatoms. The number of nitrogens with two attached hydrogens (primary N) is 1. The molecule has 1 aromatic rings. The summed E-state index contributed by atoms with van der Waals surface area (Å²) in [7, 11) is 4.00. The Morgan fingerprint density at radius 2 is 2.08 bits per heavy atom. The SMILES string of the molecule is CN(C)Cc1cc(N)ccc1Cl. The zero-order valence-corrected chi connectivity index (χ0v) is 8.10. The van der Waals surface area contributed by atoms with Gasteiger partial charge in [0.1, 0.15) is 0 Å². The first-order valence-electron chi connectivity index (χ1n) is 3.78. The van der Waals surface area contributed by atoms with Gasteiger partial charge in [-0.2, -0.15) is 0 Å². The molecule has 0 atom stereocenters. The lowest BCUT2D eigenvalue weighted by Gasteiger charge is -2.11. The van der Waals surface area contributed by atoms with Crippen LogP contribution in [0.25, 0.3) is 0 Å². The highest BCUT2D eigenvalue weighted by atomic mass is 35.5. The molecule has 0 aliphatic carbocycles. The molecule has 0 amide bonds.